The van der Waals surface area contributed by atoms with E-state index in [0.717, 1.165) is 19.8 Å². The lowest BCUT2D eigenvalue weighted by Crippen LogP contribution is -2.25. The van der Waals surface area contributed by atoms with Crippen LogP contribution < -0.4 is 16.0 Å². The Kier molecular flexibility index (Phi) is 4.33. The maximum atomic E-state index is 13.9. The highest BCUT2D eigenvalue weighted by atomic mass is 19.3. The van der Waals surface area contributed by atoms with E-state index >= 15 is 0 Å². The van der Waals surface area contributed by atoms with Gasteiger partial charge >= 0.3 is 0 Å². The number of fused-ring (bicyclic) bond motifs is 1. The normalized spacial score (nSPS) is 14.1. The second-order valence-corrected chi connectivity index (χ2v) is 6.73. The lowest BCUT2D eigenvalue weighted by molar-refractivity contribution is 0.0136. The SMILES string of the molecule is CNc1cc(Nc2cccnc2C(C)(F)F)nc2c(C(=O)NC3CC3)cnn12. The topological polar surface area (TPSA) is 96.2 Å². The fourth-order valence-corrected chi connectivity index (χ4v) is 2.85. The van der Waals surface area contributed by atoms with Gasteiger partial charge in [-0.1, -0.05) is 0 Å². The number of anilines is 3. The maximum Gasteiger partial charge on any atom is 0.289 e. The van der Waals surface area contributed by atoms with Crippen LogP contribution in [0.4, 0.5) is 26.1 Å². The second kappa shape index (κ2) is 6.70. The molecule has 10 heteroatoms. The first-order valence-corrected chi connectivity index (χ1v) is 8.84. The predicted octanol–water partition coefficient (Wildman–Crippen LogP) is 2.91. The van der Waals surface area contributed by atoms with Crippen LogP contribution in [-0.4, -0.2) is 38.6 Å². The number of pyridine rings is 1. The van der Waals surface area contributed by atoms with E-state index < -0.39 is 5.92 Å². The van der Waals surface area contributed by atoms with E-state index in [9.17, 15) is 13.6 Å². The summed E-state index contributed by atoms with van der Waals surface area (Å²) in [5.41, 5.74) is 0.390. The van der Waals surface area contributed by atoms with Crippen molar-refractivity contribution in [2.75, 3.05) is 17.7 Å². The molecule has 0 spiro atoms. The molecule has 0 saturated heterocycles. The lowest BCUT2D eigenvalue weighted by atomic mass is 10.2. The Hall–Kier alpha value is -3.30. The van der Waals surface area contributed by atoms with Gasteiger partial charge in [0.25, 0.3) is 11.8 Å². The molecule has 3 heterocycles. The molecule has 0 bridgehead atoms. The molecular formula is C18H19F2N7O. The minimum Gasteiger partial charge on any atom is -0.373 e. The quantitative estimate of drug-likeness (QED) is 0.602. The van der Waals surface area contributed by atoms with Crippen molar-refractivity contribution < 1.29 is 13.6 Å². The third kappa shape index (κ3) is 3.45. The fraction of sp³-hybridized carbons (Fsp3) is 0.333. The molecular weight excluding hydrogens is 368 g/mol. The van der Waals surface area contributed by atoms with E-state index in [0.29, 0.717) is 17.0 Å². The average molecular weight is 387 g/mol. The van der Waals surface area contributed by atoms with Gasteiger partial charge in [0.2, 0.25) is 0 Å². The molecule has 1 aliphatic rings. The van der Waals surface area contributed by atoms with Crippen LogP contribution in [0.3, 0.4) is 0 Å². The number of nitrogens with one attached hydrogen (secondary N) is 3. The van der Waals surface area contributed by atoms with Gasteiger partial charge in [-0.25, -0.2) is 4.98 Å². The van der Waals surface area contributed by atoms with Crippen molar-refractivity contribution in [2.45, 2.75) is 31.7 Å². The van der Waals surface area contributed by atoms with Gasteiger partial charge in [0, 0.05) is 32.3 Å². The molecule has 0 unspecified atom stereocenters. The molecule has 8 nitrogen and oxygen atoms in total. The molecule has 1 aliphatic carbocycles. The highest BCUT2D eigenvalue weighted by Crippen LogP contribution is 2.32. The summed E-state index contributed by atoms with van der Waals surface area (Å²) >= 11 is 0. The van der Waals surface area contributed by atoms with Crippen LogP contribution >= 0.6 is 0 Å². The number of alkyl halides is 2. The zero-order chi connectivity index (χ0) is 19.9. The van der Waals surface area contributed by atoms with Crippen LogP contribution in [0.15, 0.2) is 30.6 Å². The Bertz CT molecular complexity index is 1040. The number of hydrogen-bond acceptors (Lipinski definition) is 6. The minimum atomic E-state index is -3.12. The molecule has 3 aromatic rings. The van der Waals surface area contributed by atoms with Crippen molar-refractivity contribution in [3.8, 4) is 0 Å². The van der Waals surface area contributed by atoms with Gasteiger partial charge in [0.1, 0.15) is 22.9 Å². The molecule has 0 aliphatic heterocycles. The zero-order valence-corrected chi connectivity index (χ0v) is 15.3. The number of amides is 1. The van der Waals surface area contributed by atoms with Crippen molar-refractivity contribution in [1.82, 2.24) is 24.9 Å². The number of carbonyl (C=O) groups excluding carboxylic acids is 1. The first-order valence-electron chi connectivity index (χ1n) is 8.84. The van der Waals surface area contributed by atoms with Gasteiger partial charge in [-0.3, -0.25) is 9.78 Å². The molecule has 1 amide bonds. The smallest absolute Gasteiger partial charge is 0.289 e. The van der Waals surface area contributed by atoms with Crippen molar-refractivity contribution in [1.29, 1.82) is 0 Å². The summed E-state index contributed by atoms with van der Waals surface area (Å²) in [6.45, 7) is 0.785. The molecule has 28 heavy (non-hydrogen) atoms. The van der Waals surface area contributed by atoms with E-state index in [1.165, 1.54) is 23.0 Å². The van der Waals surface area contributed by atoms with Crippen molar-refractivity contribution in [3.63, 3.8) is 0 Å². The van der Waals surface area contributed by atoms with Crippen LogP contribution in [0.5, 0.6) is 0 Å². The maximum absolute atomic E-state index is 13.9. The van der Waals surface area contributed by atoms with Gasteiger partial charge < -0.3 is 16.0 Å². The summed E-state index contributed by atoms with van der Waals surface area (Å²) in [5.74, 6) is -2.54. The Morgan fingerprint density at radius 2 is 2.14 bits per heavy atom. The van der Waals surface area contributed by atoms with Crippen molar-refractivity contribution in [2.24, 2.45) is 0 Å². The van der Waals surface area contributed by atoms with Crippen LogP contribution in [0.1, 0.15) is 35.8 Å². The fourth-order valence-electron chi connectivity index (χ4n) is 2.85. The predicted molar refractivity (Wildman–Crippen MR) is 100 cm³/mol. The summed E-state index contributed by atoms with van der Waals surface area (Å²) in [7, 11) is 1.69. The van der Waals surface area contributed by atoms with Gasteiger partial charge in [-0.15, -0.1) is 0 Å². The van der Waals surface area contributed by atoms with Crippen LogP contribution in [0.25, 0.3) is 5.65 Å². The third-order valence-electron chi connectivity index (χ3n) is 4.37. The van der Waals surface area contributed by atoms with Gasteiger partial charge in [-0.2, -0.15) is 18.4 Å². The van der Waals surface area contributed by atoms with Crippen molar-refractivity contribution >= 4 is 28.9 Å². The van der Waals surface area contributed by atoms with Gasteiger partial charge in [0.15, 0.2) is 5.65 Å². The number of nitrogens with zero attached hydrogens (tertiary/aromatic N) is 4. The summed E-state index contributed by atoms with van der Waals surface area (Å²) in [5, 5.41) is 13.0. The van der Waals surface area contributed by atoms with Crippen LogP contribution in [0, 0.1) is 0 Å². The average Bonchev–Trinajstić information content (AvgIpc) is 3.36. The molecule has 146 valence electrons. The first-order chi connectivity index (χ1) is 13.4. The molecule has 0 aromatic carbocycles. The molecule has 3 N–H and O–H groups in total. The second-order valence-electron chi connectivity index (χ2n) is 6.73. The van der Waals surface area contributed by atoms with Crippen molar-refractivity contribution in [3.05, 3.63) is 41.9 Å². The number of aromatic nitrogens is 4. The number of rotatable bonds is 6. The van der Waals surface area contributed by atoms with Crippen LogP contribution in [0.2, 0.25) is 0 Å². The first kappa shape index (κ1) is 18.1. The number of carbonyl (C=O) groups is 1. The van der Waals surface area contributed by atoms with E-state index in [4.69, 9.17) is 0 Å². The number of hydrogen-bond donors (Lipinski definition) is 3. The highest BCUT2D eigenvalue weighted by molar-refractivity contribution is 6.00. The molecule has 1 saturated carbocycles. The summed E-state index contributed by atoms with van der Waals surface area (Å²) in [6.07, 6.45) is 4.68. The summed E-state index contributed by atoms with van der Waals surface area (Å²) < 4.78 is 29.2. The Balaban J connectivity index is 1.75. The van der Waals surface area contributed by atoms with Gasteiger partial charge in [-0.05, 0) is 25.0 Å². The monoisotopic (exact) mass is 387 g/mol. The highest BCUT2D eigenvalue weighted by Gasteiger charge is 2.30. The Morgan fingerprint density at radius 1 is 1.36 bits per heavy atom. The molecule has 0 radical (unpaired) electrons. The zero-order valence-electron chi connectivity index (χ0n) is 15.3. The Labute approximate surface area is 159 Å². The summed E-state index contributed by atoms with van der Waals surface area (Å²) in [6, 6.07) is 4.87. The van der Waals surface area contributed by atoms with Crippen LogP contribution in [-0.2, 0) is 5.92 Å². The van der Waals surface area contributed by atoms with E-state index in [-0.39, 0.29) is 29.1 Å². The Morgan fingerprint density at radius 3 is 2.82 bits per heavy atom. The van der Waals surface area contributed by atoms with Gasteiger partial charge in [0.05, 0.1) is 11.9 Å². The molecule has 3 aromatic heterocycles. The molecule has 4 rings (SSSR count). The number of halogens is 2. The lowest BCUT2D eigenvalue weighted by Gasteiger charge is -2.16. The molecule has 1 fully saturated rings. The van der Waals surface area contributed by atoms with E-state index in [2.05, 4.69) is 31.0 Å². The largest absolute Gasteiger partial charge is 0.373 e. The third-order valence-corrected chi connectivity index (χ3v) is 4.37. The minimum absolute atomic E-state index is 0.136. The van der Waals surface area contributed by atoms with E-state index in [1.54, 1.807) is 19.2 Å². The van der Waals surface area contributed by atoms with E-state index in [1.807, 2.05) is 0 Å². The standard InChI is InChI=1S/C18H19F2N7O/c1-18(19,20)15-12(4-3-7-22-15)25-13-8-14(21-2)27-16(26-13)11(9-23-27)17(28)24-10-5-6-10/h3-4,7-10,21H,5-6H2,1-2H3,(H,24,28)(H,25,26). The molecule has 0 atom stereocenters. The summed E-state index contributed by atoms with van der Waals surface area (Å²) in [4.78, 5) is 20.7.